The lowest BCUT2D eigenvalue weighted by atomic mass is 10.2. The molecule has 0 amide bonds. The summed E-state index contributed by atoms with van der Waals surface area (Å²) in [5.41, 5.74) is 6.24. The summed E-state index contributed by atoms with van der Waals surface area (Å²) in [6.07, 6.45) is 2.41. The van der Waals surface area contributed by atoms with Gasteiger partial charge in [0.1, 0.15) is 0 Å². The number of aliphatic hydroxyl groups is 1. The third-order valence-electron chi connectivity index (χ3n) is 2.33. The number of aromatic nitrogens is 1. The lowest BCUT2D eigenvalue weighted by Gasteiger charge is -2.08. The molecule has 0 radical (unpaired) electrons. The van der Waals surface area contributed by atoms with Crippen LogP contribution in [0.15, 0.2) is 12.1 Å². The molecule has 0 unspecified atom stereocenters. The molecular weight excluding hydrogens is 236 g/mol. The Labute approximate surface area is 106 Å². The molecule has 0 saturated heterocycles. The Hall–Kier alpha value is -1.82. The fourth-order valence-corrected chi connectivity index (χ4v) is 1.34. The quantitative estimate of drug-likeness (QED) is 0.556. The van der Waals surface area contributed by atoms with Gasteiger partial charge in [0, 0.05) is 6.61 Å². The number of nitrogen functional groups attached to an aromatic ring is 1. The number of aliphatic hydroxyl groups excluding tert-OH is 1. The Morgan fingerprint density at radius 1 is 1.39 bits per heavy atom. The number of rotatable bonds is 7. The van der Waals surface area contributed by atoms with Crippen molar-refractivity contribution in [2.45, 2.75) is 19.3 Å². The van der Waals surface area contributed by atoms with Crippen LogP contribution in [0.3, 0.4) is 0 Å². The van der Waals surface area contributed by atoms with E-state index in [4.69, 9.17) is 15.6 Å². The van der Waals surface area contributed by atoms with Gasteiger partial charge in [-0.2, -0.15) is 0 Å². The highest BCUT2D eigenvalue weighted by Crippen LogP contribution is 2.19. The third kappa shape index (κ3) is 4.21. The van der Waals surface area contributed by atoms with Gasteiger partial charge in [-0.05, 0) is 31.4 Å². The molecule has 0 aliphatic carbocycles. The van der Waals surface area contributed by atoms with E-state index in [1.165, 1.54) is 13.2 Å². The summed E-state index contributed by atoms with van der Waals surface area (Å²) < 4.78 is 9.96. The third-order valence-corrected chi connectivity index (χ3v) is 2.33. The first-order chi connectivity index (χ1) is 8.69. The highest BCUT2D eigenvalue weighted by atomic mass is 16.5. The predicted octanol–water partition coefficient (Wildman–Crippen LogP) is 0.992. The van der Waals surface area contributed by atoms with Crippen molar-refractivity contribution in [2.24, 2.45) is 0 Å². The van der Waals surface area contributed by atoms with Gasteiger partial charge in [0.05, 0.1) is 19.4 Å². The molecule has 1 aromatic heterocycles. The molecule has 0 aliphatic rings. The Bertz CT molecular complexity index is 396. The summed E-state index contributed by atoms with van der Waals surface area (Å²) in [5.74, 6) is -0.290. The maximum atomic E-state index is 11.3. The molecule has 0 spiro atoms. The number of hydrogen-bond donors (Lipinski definition) is 2. The summed E-state index contributed by atoms with van der Waals surface area (Å²) in [4.78, 5) is 15.3. The van der Waals surface area contributed by atoms with Crippen LogP contribution in [-0.4, -0.2) is 36.4 Å². The van der Waals surface area contributed by atoms with Crippen LogP contribution in [0, 0.1) is 0 Å². The van der Waals surface area contributed by atoms with Gasteiger partial charge < -0.3 is 20.3 Å². The number of anilines is 1. The minimum atomic E-state index is -0.528. The predicted molar refractivity (Wildman–Crippen MR) is 66.4 cm³/mol. The zero-order chi connectivity index (χ0) is 13.4. The van der Waals surface area contributed by atoms with E-state index >= 15 is 0 Å². The van der Waals surface area contributed by atoms with Crippen LogP contribution in [0.5, 0.6) is 5.88 Å². The lowest BCUT2D eigenvalue weighted by molar-refractivity contribution is 0.0593. The number of nitrogens with two attached hydrogens (primary N) is 1. The van der Waals surface area contributed by atoms with Crippen LogP contribution in [0.25, 0.3) is 0 Å². The smallest absolute Gasteiger partial charge is 0.356 e. The van der Waals surface area contributed by atoms with E-state index in [1.807, 2.05) is 0 Å². The van der Waals surface area contributed by atoms with Crippen molar-refractivity contribution in [3.05, 3.63) is 17.8 Å². The van der Waals surface area contributed by atoms with E-state index in [0.717, 1.165) is 19.3 Å². The van der Waals surface area contributed by atoms with Gasteiger partial charge in [-0.15, -0.1) is 0 Å². The molecular formula is C12H18N2O4. The van der Waals surface area contributed by atoms with Crippen molar-refractivity contribution in [2.75, 3.05) is 26.1 Å². The molecule has 18 heavy (non-hydrogen) atoms. The van der Waals surface area contributed by atoms with E-state index < -0.39 is 5.97 Å². The Morgan fingerprint density at radius 3 is 2.83 bits per heavy atom. The summed E-state index contributed by atoms with van der Waals surface area (Å²) in [6.45, 7) is 0.625. The van der Waals surface area contributed by atoms with Crippen LogP contribution in [-0.2, 0) is 4.74 Å². The fourth-order valence-electron chi connectivity index (χ4n) is 1.34. The molecule has 100 valence electrons. The van der Waals surface area contributed by atoms with Gasteiger partial charge in [-0.25, -0.2) is 9.78 Å². The molecule has 1 rings (SSSR count). The van der Waals surface area contributed by atoms with Gasteiger partial charge in [-0.1, -0.05) is 0 Å². The first kappa shape index (κ1) is 14.2. The molecule has 6 nitrogen and oxygen atoms in total. The van der Waals surface area contributed by atoms with Crippen molar-refractivity contribution in [1.29, 1.82) is 0 Å². The second-order valence-electron chi connectivity index (χ2n) is 3.72. The minimum Gasteiger partial charge on any atom is -0.476 e. The molecule has 0 atom stereocenters. The number of hydrogen-bond acceptors (Lipinski definition) is 6. The highest BCUT2D eigenvalue weighted by molar-refractivity contribution is 5.87. The Balaban J connectivity index is 2.56. The van der Waals surface area contributed by atoms with Crippen LogP contribution in [0.1, 0.15) is 29.8 Å². The maximum Gasteiger partial charge on any atom is 0.356 e. The summed E-state index contributed by atoms with van der Waals surface area (Å²) in [6, 6.07) is 3.04. The number of esters is 1. The fraction of sp³-hybridized carbons (Fsp3) is 0.500. The van der Waals surface area contributed by atoms with Crippen molar-refractivity contribution in [3.8, 4) is 5.88 Å². The number of nitrogens with zero attached hydrogens (tertiary/aromatic N) is 1. The first-order valence-corrected chi connectivity index (χ1v) is 5.77. The SMILES string of the molecule is COC(=O)c1ccc(N)c(OCCCCCO)n1. The van der Waals surface area contributed by atoms with E-state index in [2.05, 4.69) is 9.72 Å². The molecule has 0 aromatic carbocycles. The van der Waals surface area contributed by atoms with Crippen molar-refractivity contribution >= 4 is 11.7 Å². The van der Waals surface area contributed by atoms with Gasteiger partial charge in [0.2, 0.25) is 5.88 Å². The number of carbonyl (C=O) groups is 1. The number of pyridine rings is 1. The second kappa shape index (κ2) is 7.50. The molecule has 0 saturated carbocycles. The largest absolute Gasteiger partial charge is 0.476 e. The Kier molecular flexibility index (Phi) is 5.93. The summed E-state index contributed by atoms with van der Waals surface area (Å²) >= 11 is 0. The topological polar surface area (TPSA) is 94.7 Å². The molecule has 0 fully saturated rings. The summed E-state index contributed by atoms with van der Waals surface area (Å²) in [5, 5.41) is 8.63. The van der Waals surface area contributed by atoms with Crippen molar-refractivity contribution in [3.63, 3.8) is 0 Å². The van der Waals surface area contributed by atoms with E-state index in [-0.39, 0.29) is 18.2 Å². The summed E-state index contributed by atoms with van der Waals surface area (Å²) in [7, 11) is 1.29. The molecule has 3 N–H and O–H groups in total. The van der Waals surface area contributed by atoms with E-state index in [1.54, 1.807) is 6.07 Å². The van der Waals surface area contributed by atoms with Gasteiger partial charge in [0.15, 0.2) is 5.69 Å². The molecule has 6 heteroatoms. The maximum absolute atomic E-state index is 11.3. The van der Waals surface area contributed by atoms with Crippen LogP contribution >= 0.6 is 0 Å². The minimum absolute atomic E-state index is 0.164. The standard InChI is InChI=1S/C12H18N2O4/c1-17-12(16)10-6-5-9(13)11(14-10)18-8-4-2-3-7-15/h5-6,15H,2-4,7-8,13H2,1H3. The van der Waals surface area contributed by atoms with Crippen LogP contribution < -0.4 is 10.5 Å². The van der Waals surface area contributed by atoms with Crippen LogP contribution in [0.4, 0.5) is 5.69 Å². The lowest BCUT2D eigenvalue weighted by Crippen LogP contribution is -2.08. The molecule has 0 aliphatic heterocycles. The van der Waals surface area contributed by atoms with E-state index in [9.17, 15) is 4.79 Å². The normalized spacial score (nSPS) is 10.1. The van der Waals surface area contributed by atoms with Gasteiger partial charge in [0.25, 0.3) is 0 Å². The van der Waals surface area contributed by atoms with Gasteiger partial charge >= 0.3 is 5.97 Å². The van der Waals surface area contributed by atoms with Crippen LogP contribution in [0.2, 0.25) is 0 Å². The monoisotopic (exact) mass is 254 g/mol. The van der Waals surface area contributed by atoms with E-state index in [0.29, 0.717) is 12.3 Å². The first-order valence-electron chi connectivity index (χ1n) is 5.77. The zero-order valence-corrected chi connectivity index (χ0v) is 10.4. The van der Waals surface area contributed by atoms with Crippen molar-refractivity contribution in [1.82, 2.24) is 4.98 Å². The zero-order valence-electron chi connectivity index (χ0n) is 10.4. The molecule has 1 aromatic rings. The Morgan fingerprint density at radius 2 is 2.17 bits per heavy atom. The van der Waals surface area contributed by atoms with Gasteiger partial charge in [-0.3, -0.25) is 0 Å². The number of unbranched alkanes of at least 4 members (excludes halogenated alkanes) is 2. The van der Waals surface area contributed by atoms with Crippen molar-refractivity contribution < 1.29 is 19.4 Å². The average Bonchev–Trinajstić information content (AvgIpc) is 2.39. The molecule has 1 heterocycles. The average molecular weight is 254 g/mol. The second-order valence-corrected chi connectivity index (χ2v) is 3.72. The highest BCUT2D eigenvalue weighted by Gasteiger charge is 2.11. The number of methoxy groups -OCH3 is 1. The molecule has 0 bridgehead atoms. The number of carbonyl (C=O) groups excluding carboxylic acids is 1. The number of ether oxygens (including phenoxy) is 2.